The minimum absolute atomic E-state index is 0.00676. The van der Waals surface area contributed by atoms with Crippen LogP contribution in [0.5, 0.6) is 0 Å². The van der Waals surface area contributed by atoms with Gasteiger partial charge in [0.05, 0.1) is 12.5 Å². The van der Waals surface area contributed by atoms with Crippen LogP contribution in [0.2, 0.25) is 0 Å². The van der Waals surface area contributed by atoms with Crippen LogP contribution in [0.25, 0.3) is 0 Å². The molecule has 7 heteroatoms. The van der Waals surface area contributed by atoms with E-state index in [0.29, 0.717) is 26.2 Å². The molecule has 0 spiro atoms. The molecule has 1 fully saturated rings. The van der Waals surface area contributed by atoms with Crippen molar-refractivity contribution < 1.29 is 19.1 Å². The molecule has 0 aromatic heterocycles. The average molecular weight is 299 g/mol. The zero-order valence-electron chi connectivity index (χ0n) is 13.2. The summed E-state index contributed by atoms with van der Waals surface area (Å²) in [7, 11) is 0. The molecule has 0 saturated carbocycles. The molecule has 0 radical (unpaired) electrons. The van der Waals surface area contributed by atoms with Crippen molar-refractivity contribution in [3.8, 4) is 0 Å². The smallest absolute Gasteiger partial charge is 0.407 e. The zero-order valence-corrected chi connectivity index (χ0v) is 13.2. The molecular formula is C14H25N3O4. The monoisotopic (exact) mass is 299 g/mol. The Labute approximate surface area is 125 Å². The molecule has 0 aromatic carbocycles. The van der Waals surface area contributed by atoms with Crippen LogP contribution < -0.4 is 10.6 Å². The fourth-order valence-corrected chi connectivity index (χ4v) is 2.21. The molecule has 0 aliphatic carbocycles. The van der Waals surface area contributed by atoms with Crippen molar-refractivity contribution in [1.29, 1.82) is 0 Å². The van der Waals surface area contributed by atoms with Crippen LogP contribution in [0, 0.1) is 5.92 Å². The second kappa shape index (κ2) is 7.28. The second-order valence-corrected chi connectivity index (χ2v) is 6.01. The summed E-state index contributed by atoms with van der Waals surface area (Å²) in [6.07, 6.45) is -0.254. The molecule has 0 aromatic rings. The first-order chi connectivity index (χ1) is 9.75. The topological polar surface area (TPSA) is 87.7 Å². The Balaban J connectivity index is 2.31. The first-order valence-electron chi connectivity index (χ1n) is 7.24. The minimum Gasteiger partial charge on any atom is -0.450 e. The largest absolute Gasteiger partial charge is 0.450 e. The van der Waals surface area contributed by atoms with E-state index in [2.05, 4.69) is 10.6 Å². The molecule has 21 heavy (non-hydrogen) atoms. The summed E-state index contributed by atoms with van der Waals surface area (Å²) in [5.41, 5.74) is -0.266. The number of hydrogen-bond donors (Lipinski definition) is 2. The highest BCUT2D eigenvalue weighted by molar-refractivity contribution is 5.89. The van der Waals surface area contributed by atoms with Crippen molar-refractivity contribution in [3.63, 3.8) is 0 Å². The lowest BCUT2D eigenvalue weighted by atomic mass is 10.1. The maximum atomic E-state index is 12.0. The number of amides is 3. The number of likely N-dealkylation sites (tertiary alicyclic amines) is 1. The van der Waals surface area contributed by atoms with Gasteiger partial charge in [0.2, 0.25) is 11.8 Å². The molecule has 1 rings (SSSR count). The molecule has 1 aliphatic rings. The summed E-state index contributed by atoms with van der Waals surface area (Å²) in [5, 5.41) is 5.24. The number of carbonyl (C=O) groups is 3. The maximum Gasteiger partial charge on any atom is 0.407 e. The highest BCUT2D eigenvalue weighted by Crippen LogP contribution is 2.25. The van der Waals surface area contributed by atoms with Crippen LogP contribution in [0.1, 0.15) is 34.1 Å². The van der Waals surface area contributed by atoms with Crippen LogP contribution in [-0.4, -0.2) is 54.6 Å². The Morgan fingerprint density at radius 2 is 1.90 bits per heavy atom. The van der Waals surface area contributed by atoms with Gasteiger partial charge < -0.3 is 20.3 Å². The Morgan fingerprint density at radius 3 is 2.43 bits per heavy atom. The van der Waals surface area contributed by atoms with Crippen molar-refractivity contribution in [3.05, 3.63) is 0 Å². The number of ether oxygens (including phenoxy) is 1. The Morgan fingerprint density at radius 1 is 1.29 bits per heavy atom. The fourth-order valence-electron chi connectivity index (χ4n) is 2.21. The van der Waals surface area contributed by atoms with Crippen LogP contribution in [0.4, 0.5) is 4.79 Å². The minimum atomic E-state index is -0.498. The lowest BCUT2D eigenvalue weighted by Crippen LogP contribution is -2.43. The van der Waals surface area contributed by atoms with Crippen LogP contribution in [0.15, 0.2) is 0 Å². The summed E-state index contributed by atoms with van der Waals surface area (Å²) in [5.74, 6) is -0.465. The predicted octanol–water partition coefficient (Wildman–Crippen LogP) is 0.496. The van der Waals surface area contributed by atoms with Crippen molar-refractivity contribution in [2.75, 3.05) is 26.2 Å². The molecule has 120 valence electrons. The Kier molecular flexibility index (Phi) is 5.99. The highest BCUT2D eigenvalue weighted by Gasteiger charge is 2.39. The van der Waals surface area contributed by atoms with Crippen LogP contribution in [-0.2, 0) is 14.3 Å². The van der Waals surface area contributed by atoms with Crippen molar-refractivity contribution in [2.24, 2.45) is 5.92 Å². The van der Waals surface area contributed by atoms with Crippen LogP contribution in [0.3, 0.4) is 0 Å². The maximum absolute atomic E-state index is 12.0. The molecule has 1 heterocycles. The average Bonchev–Trinajstić information content (AvgIpc) is 2.77. The van der Waals surface area contributed by atoms with E-state index in [4.69, 9.17) is 4.74 Å². The predicted molar refractivity (Wildman–Crippen MR) is 77.6 cm³/mol. The highest BCUT2D eigenvalue weighted by atomic mass is 16.5. The molecular weight excluding hydrogens is 274 g/mol. The fraction of sp³-hybridized carbons (Fsp3) is 0.786. The van der Waals surface area contributed by atoms with Gasteiger partial charge in [-0.3, -0.25) is 9.59 Å². The van der Waals surface area contributed by atoms with Gasteiger partial charge in [-0.1, -0.05) is 0 Å². The van der Waals surface area contributed by atoms with E-state index < -0.39 is 6.09 Å². The van der Waals surface area contributed by atoms with Crippen LogP contribution >= 0.6 is 0 Å². The van der Waals surface area contributed by atoms with Gasteiger partial charge >= 0.3 is 6.09 Å². The van der Waals surface area contributed by atoms with E-state index in [9.17, 15) is 14.4 Å². The molecule has 1 saturated heterocycles. The summed E-state index contributed by atoms with van der Waals surface area (Å²) < 4.78 is 4.70. The van der Waals surface area contributed by atoms with E-state index >= 15 is 0 Å². The molecule has 1 unspecified atom stereocenters. The molecule has 7 nitrogen and oxygen atoms in total. The quantitative estimate of drug-likeness (QED) is 0.723. The lowest BCUT2D eigenvalue weighted by Gasteiger charge is -2.31. The summed E-state index contributed by atoms with van der Waals surface area (Å²) in [6.45, 7) is 8.95. The third-order valence-electron chi connectivity index (χ3n) is 3.27. The number of hydrogen-bond acceptors (Lipinski definition) is 4. The Bertz CT molecular complexity index is 404. The van der Waals surface area contributed by atoms with Crippen molar-refractivity contribution in [2.45, 2.75) is 39.7 Å². The number of nitrogens with zero attached hydrogens (tertiary/aromatic N) is 1. The Hall–Kier alpha value is -1.79. The molecule has 1 aliphatic heterocycles. The van der Waals surface area contributed by atoms with Gasteiger partial charge in [0.15, 0.2) is 0 Å². The van der Waals surface area contributed by atoms with E-state index in [1.54, 1.807) is 11.8 Å². The lowest BCUT2D eigenvalue weighted by molar-refractivity contribution is -0.132. The molecule has 1 atom stereocenters. The van der Waals surface area contributed by atoms with Gasteiger partial charge in [-0.25, -0.2) is 4.79 Å². The summed E-state index contributed by atoms with van der Waals surface area (Å²) in [4.78, 5) is 36.7. The molecule has 0 bridgehead atoms. The van der Waals surface area contributed by atoms with E-state index in [0.717, 1.165) is 0 Å². The number of alkyl carbamates (subject to hydrolysis) is 1. The summed E-state index contributed by atoms with van der Waals surface area (Å²) in [6, 6.07) is 0. The third kappa shape index (κ3) is 5.24. The SMILES string of the molecule is CCOC(=O)NCCNC(=O)C1CC(=O)N(C(C)(C)C)C1. The van der Waals surface area contributed by atoms with E-state index in [1.165, 1.54) is 0 Å². The van der Waals surface area contributed by atoms with Gasteiger partial charge in [0.25, 0.3) is 0 Å². The number of carbonyl (C=O) groups excluding carboxylic acids is 3. The van der Waals surface area contributed by atoms with Gasteiger partial charge in [-0.15, -0.1) is 0 Å². The zero-order chi connectivity index (χ0) is 16.0. The first kappa shape index (κ1) is 17.3. The van der Waals surface area contributed by atoms with Gasteiger partial charge in [0.1, 0.15) is 0 Å². The van der Waals surface area contributed by atoms with Gasteiger partial charge in [-0.2, -0.15) is 0 Å². The van der Waals surface area contributed by atoms with E-state index in [1.807, 2.05) is 20.8 Å². The van der Waals surface area contributed by atoms with Crippen molar-refractivity contribution >= 4 is 17.9 Å². The van der Waals surface area contributed by atoms with E-state index in [-0.39, 0.29) is 29.7 Å². The number of nitrogens with one attached hydrogen (secondary N) is 2. The summed E-state index contributed by atoms with van der Waals surface area (Å²) >= 11 is 0. The molecule has 3 amide bonds. The van der Waals surface area contributed by atoms with Gasteiger partial charge in [0, 0.05) is 31.6 Å². The third-order valence-corrected chi connectivity index (χ3v) is 3.27. The number of rotatable bonds is 5. The van der Waals surface area contributed by atoms with Crippen molar-refractivity contribution in [1.82, 2.24) is 15.5 Å². The van der Waals surface area contributed by atoms with Gasteiger partial charge in [-0.05, 0) is 27.7 Å². The first-order valence-corrected chi connectivity index (χ1v) is 7.24. The standard InChI is InChI=1S/C14H25N3O4/c1-5-21-13(20)16-7-6-15-12(19)10-8-11(18)17(9-10)14(2,3)4/h10H,5-9H2,1-4H3,(H,15,19)(H,16,20). The molecule has 2 N–H and O–H groups in total. The second-order valence-electron chi connectivity index (χ2n) is 6.01. The normalized spacial score (nSPS) is 18.6.